The van der Waals surface area contributed by atoms with Gasteiger partial charge in [0.1, 0.15) is 5.69 Å². The van der Waals surface area contributed by atoms with Crippen LogP contribution >= 0.6 is 0 Å². The summed E-state index contributed by atoms with van der Waals surface area (Å²) in [6.07, 6.45) is 0. The summed E-state index contributed by atoms with van der Waals surface area (Å²) in [5.41, 5.74) is 0.969. The lowest BCUT2D eigenvalue weighted by molar-refractivity contribution is 0.400. The summed E-state index contributed by atoms with van der Waals surface area (Å²) >= 11 is 0. The molecule has 0 bridgehead atoms. The lowest BCUT2D eigenvalue weighted by Gasteiger charge is -2.10. The van der Waals surface area contributed by atoms with Gasteiger partial charge in [-0.3, -0.25) is 0 Å². The fourth-order valence-electron chi connectivity index (χ4n) is 2.78. The molecule has 4 rings (SSSR count). The van der Waals surface area contributed by atoms with Crippen LogP contribution < -0.4 is 0 Å². The maximum Gasteiger partial charge on any atom is 0.254 e. The van der Waals surface area contributed by atoms with E-state index in [4.69, 9.17) is 0 Å². The summed E-state index contributed by atoms with van der Waals surface area (Å²) in [6, 6.07) is 19.1. The topological polar surface area (TPSA) is 30.7 Å². The van der Waals surface area contributed by atoms with Crippen LogP contribution in [0.2, 0.25) is 0 Å². The van der Waals surface area contributed by atoms with E-state index in [0.717, 1.165) is 4.68 Å². The van der Waals surface area contributed by atoms with Crippen LogP contribution in [0.15, 0.2) is 66.7 Å². The average Bonchev–Trinajstić information content (AvgIpc) is 3.13. The Morgan fingerprint density at radius 1 is 0.667 bits per heavy atom. The third-order valence-corrected chi connectivity index (χ3v) is 4.03. The standard InChI is InChI=1S/C20H11F4N3/c21-16-18(17(22)20(24)25-19(16)23)27-15(13-9-5-2-6-10-13)11-14(26-27)12-7-3-1-4-8-12/h1-11H. The summed E-state index contributed by atoms with van der Waals surface area (Å²) in [4.78, 5) is 2.60. The van der Waals surface area contributed by atoms with Crippen molar-refractivity contribution in [3.8, 4) is 28.2 Å². The predicted molar refractivity (Wildman–Crippen MR) is 92.1 cm³/mol. The second-order valence-electron chi connectivity index (χ2n) is 5.73. The monoisotopic (exact) mass is 369 g/mol. The molecule has 0 aliphatic carbocycles. The number of halogens is 4. The van der Waals surface area contributed by atoms with Gasteiger partial charge in [0.2, 0.25) is 11.6 Å². The van der Waals surface area contributed by atoms with Gasteiger partial charge in [0.05, 0.1) is 11.4 Å². The highest BCUT2D eigenvalue weighted by Gasteiger charge is 2.25. The van der Waals surface area contributed by atoms with Crippen molar-refractivity contribution in [3.05, 3.63) is 90.3 Å². The Labute approximate surface area is 151 Å². The Hall–Kier alpha value is -3.48. The Morgan fingerprint density at radius 2 is 1.19 bits per heavy atom. The molecular weight excluding hydrogens is 358 g/mol. The van der Waals surface area contributed by atoms with Gasteiger partial charge in [-0.1, -0.05) is 60.7 Å². The average molecular weight is 369 g/mol. The van der Waals surface area contributed by atoms with Gasteiger partial charge in [0, 0.05) is 11.1 Å². The maximum atomic E-state index is 14.3. The zero-order valence-electron chi connectivity index (χ0n) is 13.7. The van der Waals surface area contributed by atoms with Gasteiger partial charge in [0.15, 0.2) is 0 Å². The summed E-state index contributed by atoms with van der Waals surface area (Å²) in [7, 11) is 0. The molecule has 0 atom stereocenters. The number of pyridine rings is 1. The first-order valence-electron chi connectivity index (χ1n) is 7.97. The van der Waals surface area contributed by atoms with Crippen molar-refractivity contribution in [3.63, 3.8) is 0 Å². The van der Waals surface area contributed by atoms with E-state index in [1.165, 1.54) is 0 Å². The second-order valence-corrected chi connectivity index (χ2v) is 5.73. The number of hydrogen-bond donors (Lipinski definition) is 0. The van der Waals surface area contributed by atoms with Crippen LogP contribution in [0.25, 0.3) is 28.2 Å². The molecule has 0 saturated heterocycles. The van der Waals surface area contributed by atoms with Crippen molar-refractivity contribution < 1.29 is 17.6 Å². The first-order valence-corrected chi connectivity index (χ1v) is 7.97. The normalized spacial score (nSPS) is 11.0. The lowest BCUT2D eigenvalue weighted by Crippen LogP contribution is -2.11. The van der Waals surface area contributed by atoms with Crippen molar-refractivity contribution in [1.29, 1.82) is 0 Å². The smallest absolute Gasteiger partial charge is 0.226 e. The summed E-state index contributed by atoms with van der Waals surface area (Å²) < 4.78 is 56.8. The molecule has 0 fully saturated rings. The van der Waals surface area contributed by atoms with Gasteiger partial charge in [-0.05, 0) is 6.07 Å². The molecule has 0 aliphatic rings. The van der Waals surface area contributed by atoms with Crippen molar-refractivity contribution in [2.24, 2.45) is 0 Å². The van der Waals surface area contributed by atoms with Crippen molar-refractivity contribution >= 4 is 0 Å². The first-order chi connectivity index (χ1) is 13.1. The quantitative estimate of drug-likeness (QED) is 0.369. The Morgan fingerprint density at radius 3 is 1.74 bits per heavy atom. The molecule has 134 valence electrons. The van der Waals surface area contributed by atoms with E-state index in [-0.39, 0.29) is 5.69 Å². The number of rotatable bonds is 3. The van der Waals surface area contributed by atoms with Crippen LogP contribution in [-0.4, -0.2) is 14.8 Å². The molecule has 3 nitrogen and oxygen atoms in total. The SMILES string of the molecule is Fc1nc(F)c(F)c(-n2nc(-c3ccccc3)cc2-c2ccccc2)c1F. The molecule has 2 heterocycles. The zero-order valence-corrected chi connectivity index (χ0v) is 13.7. The Bertz CT molecular complexity index is 1080. The van der Waals surface area contributed by atoms with Crippen LogP contribution in [-0.2, 0) is 0 Å². The summed E-state index contributed by atoms with van der Waals surface area (Å²) in [6.45, 7) is 0. The van der Waals surface area contributed by atoms with Crippen molar-refractivity contribution in [1.82, 2.24) is 14.8 Å². The number of benzene rings is 2. The molecule has 7 heteroatoms. The van der Waals surface area contributed by atoms with Crippen LogP contribution in [0, 0.1) is 23.5 Å². The third kappa shape index (κ3) is 2.97. The third-order valence-electron chi connectivity index (χ3n) is 4.03. The van der Waals surface area contributed by atoms with Gasteiger partial charge in [-0.25, -0.2) is 4.68 Å². The van der Waals surface area contributed by atoms with E-state index >= 15 is 0 Å². The van der Waals surface area contributed by atoms with Gasteiger partial charge in [0.25, 0.3) is 11.9 Å². The van der Waals surface area contributed by atoms with Gasteiger partial charge < -0.3 is 0 Å². The minimum Gasteiger partial charge on any atom is -0.226 e. The van der Waals surface area contributed by atoms with Crippen LogP contribution in [0.5, 0.6) is 0 Å². The minimum atomic E-state index is -1.74. The molecule has 27 heavy (non-hydrogen) atoms. The van der Waals surface area contributed by atoms with E-state index in [1.807, 2.05) is 6.07 Å². The lowest BCUT2D eigenvalue weighted by atomic mass is 10.1. The Balaban J connectivity index is 2.02. The Kier molecular flexibility index (Phi) is 4.19. The molecule has 4 aromatic rings. The fourth-order valence-corrected chi connectivity index (χ4v) is 2.78. The fraction of sp³-hybridized carbons (Fsp3) is 0. The molecule has 2 aromatic heterocycles. The molecule has 0 unspecified atom stereocenters. The predicted octanol–water partition coefficient (Wildman–Crippen LogP) is 5.16. The van der Waals surface area contributed by atoms with Gasteiger partial charge in [-0.15, -0.1) is 0 Å². The van der Waals surface area contributed by atoms with Crippen molar-refractivity contribution in [2.45, 2.75) is 0 Å². The van der Waals surface area contributed by atoms with E-state index in [9.17, 15) is 17.6 Å². The highest BCUT2D eigenvalue weighted by Crippen LogP contribution is 2.31. The minimum absolute atomic E-state index is 0.275. The van der Waals surface area contributed by atoms with Gasteiger partial charge in [-0.2, -0.15) is 27.6 Å². The second kappa shape index (κ2) is 6.68. The summed E-state index contributed by atoms with van der Waals surface area (Å²) in [5.74, 6) is -6.71. The van der Waals surface area contributed by atoms with Crippen LogP contribution in [0.3, 0.4) is 0 Å². The van der Waals surface area contributed by atoms with E-state index < -0.39 is 29.2 Å². The zero-order chi connectivity index (χ0) is 19.0. The van der Waals surface area contributed by atoms with Crippen LogP contribution in [0.4, 0.5) is 17.6 Å². The van der Waals surface area contributed by atoms with Crippen LogP contribution in [0.1, 0.15) is 0 Å². The highest BCUT2D eigenvalue weighted by molar-refractivity contribution is 5.70. The molecule has 0 N–H and O–H groups in total. The molecule has 0 aliphatic heterocycles. The molecule has 0 spiro atoms. The molecular formula is C20H11F4N3. The van der Waals surface area contributed by atoms with Gasteiger partial charge >= 0.3 is 0 Å². The molecule has 0 radical (unpaired) electrons. The van der Waals surface area contributed by atoms with E-state index in [0.29, 0.717) is 16.8 Å². The largest absolute Gasteiger partial charge is 0.254 e. The highest BCUT2D eigenvalue weighted by atomic mass is 19.2. The molecule has 0 saturated carbocycles. The van der Waals surface area contributed by atoms with Crippen molar-refractivity contribution in [2.75, 3.05) is 0 Å². The molecule has 2 aromatic carbocycles. The first kappa shape index (κ1) is 17.0. The summed E-state index contributed by atoms with van der Waals surface area (Å²) in [5, 5.41) is 4.21. The number of aromatic nitrogens is 3. The number of hydrogen-bond acceptors (Lipinski definition) is 2. The van der Waals surface area contributed by atoms with E-state index in [1.54, 1.807) is 60.7 Å². The number of nitrogens with zero attached hydrogens (tertiary/aromatic N) is 3. The van der Waals surface area contributed by atoms with E-state index in [2.05, 4.69) is 10.1 Å². The molecule has 0 amide bonds. The maximum absolute atomic E-state index is 14.3.